The van der Waals surface area contributed by atoms with Gasteiger partial charge in [0.2, 0.25) is 0 Å². The van der Waals surface area contributed by atoms with Crippen LogP contribution >= 0.6 is 0 Å². The van der Waals surface area contributed by atoms with Gasteiger partial charge in [0.25, 0.3) is 0 Å². The molecule has 8 heteroatoms. The van der Waals surface area contributed by atoms with E-state index in [0.29, 0.717) is 16.8 Å². The fourth-order valence-corrected chi connectivity index (χ4v) is 3.17. The smallest absolute Gasteiger partial charge is 0.355 e. The third-order valence-electron chi connectivity index (χ3n) is 4.69. The van der Waals surface area contributed by atoms with E-state index in [-0.39, 0.29) is 16.8 Å². The van der Waals surface area contributed by atoms with Crippen LogP contribution in [0.1, 0.15) is 10.4 Å². The Balaban J connectivity index is 2.04. The van der Waals surface area contributed by atoms with Crippen molar-refractivity contribution in [2.75, 3.05) is 26.2 Å². The molecule has 32 heavy (non-hydrogen) atoms. The summed E-state index contributed by atoms with van der Waals surface area (Å²) >= 11 is 0. The van der Waals surface area contributed by atoms with Crippen LogP contribution in [0.4, 0.5) is 10.1 Å². The minimum Gasteiger partial charge on any atom is -0.465 e. The summed E-state index contributed by atoms with van der Waals surface area (Å²) in [6.07, 6.45) is 6.32. The number of carbonyl (C=O) groups excluding carboxylic acids is 3. The Labute approximate surface area is 184 Å². The number of esters is 3. The van der Waals surface area contributed by atoms with Crippen LogP contribution in [0, 0.1) is 5.82 Å². The molecule has 0 saturated carbocycles. The fourth-order valence-electron chi connectivity index (χ4n) is 3.17. The summed E-state index contributed by atoms with van der Waals surface area (Å²) in [7, 11) is 3.66. The van der Waals surface area contributed by atoms with Crippen molar-refractivity contribution in [2.45, 2.75) is 0 Å². The first-order chi connectivity index (χ1) is 15.4. The molecule has 0 aromatic heterocycles. The molecule has 1 aliphatic heterocycles. The van der Waals surface area contributed by atoms with Crippen molar-refractivity contribution in [3.63, 3.8) is 0 Å². The molecule has 0 N–H and O–H groups in total. The molecule has 0 bridgehead atoms. The molecule has 0 saturated heterocycles. The Kier molecular flexibility index (Phi) is 6.84. The lowest BCUT2D eigenvalue weighted by Crippen LogP contribution is -2.26. The number of carbonyl (C=O) groups is 3. The molecule has 164 valence electrons. The fraction of sp³-hybridized carbons (Fsp3) is 0.125. The third kappa shape index (κ3) is 4.59. The highest BCUT2D eigenvalue weighted by Gasteiger charge is 2.27. The van der Waals surface area contributed by atoms with Crippen molar-refractivity contribution in [3.8, 4) is 11.1 Å². The zero-order valence-electron chi connectivity index (χ0n) is 17.6. The van der Waals surface area contributed by atoms with Crippen LogP contribution in [0.3, 0.4) is 0 Å². The second kappa shape index (κ2) is 9.74. The van der Waals surface area contributed by atoms with Crippen LogP contribution in [0.25, 0.3) is 11.1 Å². The molecule has 0 radical (unpaired) electrons. The SMILES string of the molecule is COC(=O)C1=C(C(=O)OC)N(c2ccc(-c3cc(F)cc(C(=O)OC)c3)cc2)C=CC=C1. The summed E-state index contributed by atoms with van der Waals surface area (Å²) in [6.45, 7) is 0. The first-order valence-corrected chi connectivity index (χ1v) is 9.44. The number of hydrogen-bond donors (Lipinski definition) is 0. The normalized spacial score (nSPS) is 12.9. The van der Waals surface area contributed by atoms with Crippen LogP contribution in [0.15, 0.2) is 78.2 Å². The van der Waals surface area contributed by atoms with Gasteiger partial charge < -0.3 is 19.1 Å². The van der Waals surface area contributed by atoms with E-state index < -0.39 is 23.7 Å². The van der Waals surface area contributed by atoms with Gasteiger partial charge in [-0.2, -0.15) is 0 Å². The summed E-state index contributed by atoms with van der Waals surface area (Å²) in [5.74, 6) is -2.64. The van der Waals surface area contributed by atoms with Crippen molar-refractivity contribution in [3.05, 3.63) is 89.5 Å². The minimum atomic E-state index is -0.724. The quantitative estimate of drug-likeness (QED) is 0.520. The van der Waals surface area contributed by atoms with Gasteiger partial charge in [-0.05, 0) is 53.6 Å². The molecule has 0 fully saturated rings. The number of nitrogens with zero attached hydrogens (tertiary/aromatic N) is 1. The predicted molar refractivity (Wildman–Crippen MR) is 115 cm³/mol. The van der Waals surface area contributed by atoms with Gasteiger partial charge in [0.1, 0.15) is 11.5 Å². The molecule has 2 aromatic carbocycles. The monoisotopic (exact) mass is 437 g/mol. The molecule has 0 aliphatic carbocycles. The van der Waals surface area contributed by atoms with Gasteiger partial charge in [0.05, 0.1) is 32.5 Å². The second-order valence-electron chi connectivity index (χ2n) is 6.58. The van der Waals surface area contributed by atoms with Gasteiger partial charge in [-0.1, -0.05) is 18.2 Å². The zero-order valence-corrected chi connectivity index (χ0v) is 17.6. The predicted octanol–water partition coefficient (Wildman–Crippen LogP) is 3.77. The summed E-state index contributed by atoms with van der Waals surface area (Å²) in [6, 6.07) is 10.7. The van der Waals surface area contributed by atoms with Crippen LogP contribution in [0.5, 0.6) is 0 Å². The molecule has 7 nitrogen and oxygen atoms in total. The Morgan fingerprint density at radius 3 is 2.06 bits per heavy atom. The van der Waals surface area contributed by atoms with Crippen LogP contribution < -0.4 is 4.90 Å². The molecule has 2 aromatic rings. The Morgan fingerprint density at radius 1 is 0.781 bits per heavy atom. The van der Waals surface area contributed by atoms with Gasteiger partial charge in [0.15, 0.2) is 0 Å². The Hall–Kier alpha value is -4.20. The van der Waals surface area contributed by atoms with Crippen molar-refractivity contribution >= 4 is 23.6 Å². The van der Waals surface area contributed by atoms with E-state index in [4.69, 9.17) is 9.47 Å². The van der Waals surface area contributed by atoms with E-state index in [0.717, 1.165) is 6.07 Å². The van der Waals surface area contributed by atoms with Gasteiger partial charge in [-0.15, -0.1) is 0 Å². The standard InChI is InChI=1S/C24H20FNO6/c1-30-22(27)17-12-16(13-18(25)14-17)15-7-9-19(10-8-15)26-11-5-4-6-20(23(28)31-2)21(26)24(29)32-3/h4-14H,1-3H3. The zero-order chi connectivity index (χ0) is 23.3. The van der Waals surface area contributed by atoms with E-state index >= 15 is 0 Å². The van der Waals surface area contributed by atoms with E-state index in [9.17, 15) is 18.8 Å². The minimum absolute atomic E-state index is 0.0177. The van der Waals surface area contributed by atoms with Gasteiger partial charge in [-0.3, -0.25) is 0 Å². The molecule has 1 aliphatic rings. The first kappa shape index (κ1) is 22.5. The lowest BCUT2D eigenvalue weighted by atomic mass is 10.0. The first-order valence-electron chi connectivity index (χ1n) is 9.44. The van der Waals surface area contributed by atoms with Gasteiger partial charge in [-0.25, -0.2) is 18.8 Å². The number of rotatable bonds is 5. The van der Waals surface area contributed by atoms with Crippen molar-refractivity contribution < 1.29 is 33.0 Å². The number of ether oxygens (including phenoxy) is 3. The Morgan fingerprint density at radius 2 is 1.44 bits per heavy atom. The lowest BCUT2D eigenvalue weighted by molar-refractivity contribution is -0.139. The highest BCUT2D eigenvalue weighted by Crippen LogP contribution is 2.29. The molecule has 3 rings (SSSR count). The molecule has 0 atom stereocenters. The Bertz CT molecular complexity index is 1150. The second-order valence-corrected chi connectivity index (χ2v) is 6.58. The van der Waals surface area contributed by atoms with Crippen molar-refractivity contribution in [2.24, 2.45) is 0 Å². The number of anilines is 1. The maximum atomic E-state index is 14.0. The largest absolute Gasteiger partial charge is 0.465 e. The average Bonchev–Trinajstić information content (AvgIpc) is 3.05. The number of allylic oxidation sites excluding steroid dienone is 2. The lowest BCUT2D eigenvalue weighted by Gasteiger charge is -2.23. The number of methoxy groups -OCH3 is 3. The van der Waals surface area contributed by atoms with Crippen LogP contribution in [0.2, 0.25) is 0 Å². The summed E-state index contributed by atoms with van der Waals surface area (Å²) in [5, 5.41) is 0. The van der Waals surface area contributed by atoms with E-state index in [1.54, 1.807) is 42.6 Å². The van der Waals surface area contributed by atoms with E-state index in [2.05, 4.69) is 4.74 Å². The maximum Gasteiger partial charge on any atom is 0.355 e. The van der Waals surface area contributed by atoms with E-state index in [1.807, 2.05) is 0 Å². The van der Waals surface area contributed by atoms with Crippen LogP contribution in [-0.2, 0) is 23.8 Å². The maximum absolute atomic E-state index is 14.0. The third-order valence-corrected chi connectivity index (χ3v) is 4.69. The topological polar surface area (TPSA) is 82.1 Å². The summed E-state index contributed by atoms with van der Waals surface area (Å²) in [5.41, 5.74) is 1.75. The molecule has 0 amide bonds. The number of hydrogen-bond acceptors (Lipinski definition) is 7. The highest BCUT2D eigenvalue weighted by molar-refractivity contribution is 6.05. The van der Waals surface area contributed by atoms with Crippen molar-refractivity contribution in [1.29, 1.82) is 0 Å². The average molecular weight is 437 g/mol. The van der Waals surface area contributed by atoms with Crippen LogP contribution in [-0.4, -0.2) is 39.2 Å². The number of benzene rings is 2. The van der Waals surface area contributed by atoms with E-state index in [1.165, 1.54) is 44.4 Å². The molecule has 0 unspecified atom stereocenters. The molecular weight excluding hydrogens is 417 g/mol. The highest BCUT2D eigenvalue weighted by atomic mass is 19.1. The molecule has 1 heterocycles. The molecular formula is C24H20FNO6. The molecule has 0 spiro atoms. The van der Waals surface area contributed by atoms with Crippen molar-refractivity contribution in [1.82, 2.24) is 0 Å². The van der Waals surface area contributed by atoms with Gasteiger partial charge >= 0.3 is 17.9 Å². The number of halogens is 1. The summed E-state index contributed by atoms with van der Waals surface area (Å²) in [4.78, 5) is 38.0. The van der Waals surface area contributed by atoms with Gasteiger partial charge in [0, 0.05) is 11.9 Å². The summed E-state index contributed by atoms with van der Waals surface area (Å²) < 4.78 is 28.4.